The molecule has 0 bridgehead atoms. The monoisotopic (exact) mass is 386 g/mol. The minimum Gasteiger partial charge on any atom is -0.493 e. The van der Waals surface area contributed by atoms with Crippen LogP contribution in [0.15, 0.2) is 24.3 Å². The molecular formula is C20H22N2O4S. The van der Waals surface area contributed by atoms with E-state index in [0.717, 1.165) is 28.2 Å². The van der Waals surface area contributed by atoms with Crippen molar-refractivity contribution in [3.63, 3.8) is 0 Å². The highest BCUT2D eigenvalue weighted by atomic mass is 32.1. The van der Waals surface area contributed by atoms with Crippen molar-refractivity contribution in [2.24, 2.45) is 0 Å². The summed E-state index contributed by atoms with van der Waals surface area (Å²) in [5.74, 6) is 0.485. The Kier molecular flexibility index (Phi) is 4.44. The Hall–Kier alpha value is -2.38. The Labute approximate surface area is 161 Å². The molecule has 142 valence electrons. The average Bonchev–Trinajstić information content (AvgIpc) is 3.27. The first kappa shape index (κ1) is 18.0. The van der Waals surface area contributed by atoms with Gasteiger partial charge in [-0.05, 0) is 28.8 Å². The number of amides is 2. The predicted octanol–water partition coefficient (Wildman–Crippen LogP) is 2.66. The SMILES string of the molecule is CC1(C)CN(C(=O)Cc2ccc3c(c2)CCO3)Cc2cc(C(=O)NO)sc21. The molecule has 4 rings (SSSR count). The smallest absolute Gasteiger partial charge is 0.284 e. The summed E-state index contributed by atoms with van der Waals surface area (Å²) in [6.07, 6.45) is 1.24. The standard InChI is InChI=1S/C20H22N2O4S/c1-20(2)11-22(10-14-9-16(19(24)21-25)27-18(14)20)17(23)8-12-3-4-15-13(7-12)5-6-26-15/h3-4,7,9,25H,5-6,8,10-11H2,1-2H3,(H,21,24). The zero-order chi connectivity index (χ0) is 19.2. The topological polar surface area (TPSA) is 78.9 Å². The Balaban J connectivity index is 1.53. The van der Waals surface area contributed by atoms with E-state index in [2.05, 4.69) is 19.9 Å². The summed E-state index contributed by atoms with van der Waals surface area (Å²) in [5.41, 5.74) is 4.58. The quantitative estimate of drug-likeness (QED) is 0.628. The van der Waals surface area contributed by atoms with Gasteiger partial charge in [-0.3, -0.25) is 14.8 Å². The second kappa shape index (κ2) is 6.65. The lowest BCUT2D eigenvalue weighted by molar-refractivity contribution is -0.132. The van der Waals surface area contributed by atoms with Gasteiger partial charge in [0.25, 0.3) is 5.91 Å². The Bertz CT molecular complexity index is 919. The van der Waals surface area contributed by atoms with Crippen LogP contribution in [0.25, 0.3) is 0 Å². The number of hydrogen-bond donors (Lipinski definition) is 2. The first-order chi connectivity index (χ1) is 12.9. The molecule has 6 nitrogen and oxygen atoms in total. The number of nitrogens with zero attached hydrogens (tertiary/aromatic N) is 1. The second-order valence-corrected chi connectivity index (χ2v) is 8.81. The second-order valence-electron chi connectivity index (χ2n) is 7.76. The minimum atomic E-state index is -0.511. The number of carbonyl (C=O) groups is 2. The van der Waals surface area contributed by atoms with Gasteiger partial charge in [-0.1, -0.05) is 26.0 Å². The van der Waals surface area contributed by atoms with Gasteiger partial charge in [0, 0.05) is 29.8 Å². The molecule has 0 fully saturated rings. The summed E-state index contributed by atoms with van der Waals surface area (Å²) in [4.78, 5) is 28.1. The van der Waals surface area contributed by atoms with Crippen LogP contribution < -0.4 is 10.2 Å². The van der Waals surface area contributed by atoms with E-state index in [1.54, 1.807) is 11.5 Å². The van der Waals surface area contributed by atoms with Crippen molar-refractivity contribution in [3.05, 3.63) is 50.7 Å². The van der Waals surface area contributed by atoms with Crippen LogP contribution in [0.4, 0.5) is 0 Å². The van der Waals surface area contributed by atoms with E-state index in [-0.39, 0.29) is 11.3 Å². The maximum absolute atomic E-state index is 12.9. The highest BCUT2D eigenvalue weighted by molar-refractivity contribution is 7.14. The van der Waals surface area contributed by atoms with Crippen LogP contribution in [0, 0.1) is 0 Å². The summed E-state index contributed by atoms with van der Waals surface area (Å²) >= 11 is 1.38. The maximum Gasteiger partial charge on any atom is 0.284 e. The highest BCUT2D eigenvalue weighted by Crippen LogP contribution is 2.39. The molecule has 0 atom stereocenters. The molecule has 27 heavy (non-hydrogen) atoms. The average molecular weight is 386 g/mol. The van der Waals surface area contributed by atoms with Gasteiger partial charge in [0.05, 0.1) is 17.9 Å². The van der Waals surface area contributed by atoms with Crippen LogP contribution in [0.1, 0.15) is 45.1 Å². The minimum absolute atomic E-state index is 0.0759. The molecule has 0 saturated heterocycles. The molecule has 2 N–H and O–H groups in total. The van der Waals surface area contributed by atoms with Crippen LogP contribution in [0.5, 0.6) is 5.75 Å². The third-order valence-corrected chi connectivity index (χ3v) is 6.70. The lowest BCUT2D eigenvalue weighted by Crippen LogP contribution is -2.44. The molecule has 1 aromatic heterocycles. The van der Waals surface area contributed by atoms with Gasteiger partial charge in [0.2, 0.25) is 5.91 Å². The first-order valence-corrected chi connectivity index (χ1v) is 9.79. The fraction of sp³-hybridized carbons (Fsp3) is 0.400. The van der Waals surface area contributed by atoms with E-state index in [0.29, 0.717) is 31.0 Å². The van der Waals surface area contributed by atoms with Gasteiger partial charge in [-0.15, -0.1) is 11.3 Å². The van der Waals surface area contributed by atoms with Crippen molar-refractivity contribution in [2.45, 2.75) is 38.6 Å². The van der Waals surface area contributed by atoms with Crippen LogP contribution in [-0.4, -0.2) is 35.1 Å². The summed E-state index contributed by atoms with van der Waals surface area (Å²) in [6.45, 7) is 5.95. The summed E-state index contributed by atoms with van der Waals surface area (Å²) in [7, 11) is 0. The summed E-state index contributed by atoms with van der Waals surface area (Å²) in [6, 6.07) is 7.74. The van der Waals surface area contributed by atoms with Gasteiger partial charge in [-0.25, -0.2) is 5.48 Å². The maximum atomic E-state index is 12.9. The predicted molar refractivity (Wildman–Crippen MR) is 101 cm³/mol. The summed E-state index contributed by atoms with van der Waals surface area (Å²) < 4.78 is 5.53. The van der Waals surface area contributed by atoms with Crippen molar-refractivity contribution in [1.29, 1.82) is 0 Å². The number of rotatable bonds is 3. The Morgan fingerprint density at radius 2 is 2.11 bits per heavy atom. The Morgan fingerprint density at radius 1 is 1.30 bits per heavy atom. The largest absolute Gasteiger partial charge is 0.493 e. The number of thiophene rings is 1. The van der Waals surface area contributed by atoms with E-state index < -0.39 is 5.91 Å². The van der Waals surface area contributed by atoms with E-state index in [4.69, 9.17) is 9.94 Å². The molecule has 1 aromatic carbocycles. The van der Waals surface area contributed by atoms with Gasteiger partial charge < -0.3 is 9.64 Å². The number of hydrogen-bond acceptors (Lipinski definition) is 5. The number of ether oxygens (including phenoxy) is 1. The molecule has 0 aliphatic carbocycles. The number of nitrogens with one attached hydrogen (secondary N) is 1. The third-order valence-electron chi connectivity index (χ3n) is 5.16. The normalized spacial score (nSPS) is 17.1. The molecule has 0 spiro atoms. The van der Waals surface area contributed by atoms with Crippen molar-refractivity contribution in [2.75, 3.05) is 13.2 Å². The number of fused-ring (bicyclic) bond motifs is 2. The lowest BCUT2D eigenvalue weighted by atomic mass is 9.85. The molecule has 2 aliphatic heterocycles. The molecule has 2 aliphatic rings. The first-order valence-electron chi connectivity index (χ1n) is 8.97. The fourth-order valence-electron chi connectivity index (χ4n) is 3.91. The van der Waals surface area contributed by atoms with E-state index in [1.807, 2.05) is 17.0 Å². The molecule has 7 heteroatoms. The number of carbonyl (C=O) groups excluding carboxylic acids is 2. The van der Waals surface area contributed by atoms with Crippen LogP contribution in [-0.2, 0) is 29.6 Å². The van der Waals surface area contributed by atoms with Crippen molar-refractivity contribution >= 4 is 23.2 Å². The number of hydroxylamine groups is 1. The zero-order valence-corrected chi connectivity index (χ0v) is 16.2. The lowest BCUT2D eigenvalue weighted by Gasteiger charge is -2.38. The molecule has 0 saturated carbocycles. The highest BCUT2D eigenvalue weighted by Gasteiger charge is 2.36. The molecule has 0 radical (unpaired) electrons. The van der Waals surface area contributed by atoms with Crippen molar-refractivity contribution < 1.29 is 19.5 Å². The zero-order valence-electron chi connectivity index (χ0n) is 15.4. The van der Waals surface area contributed by atoms with Crippen LogP contribution in [0.3, 0.4) is 0 Å². The van der Waals surface area contributed by atoms with Gasteiger partial charge >= 0.3 is 0 Å². The molecule has 3 heterocycles. The fourth-order valence-corrected chi connectivity index (χ4v) is 5.06. The summed E-state index contributed by atoms with van der Waals surface area (Å²) in [5, 5.41) is 8.88. The van der Waals surface area contributed by atoms with Crippen molar-refractivity contribution in [3.8, 4) is 5.75 Å². The Morgan fingerprint density at radius 3 is 2.89 bits per heavy atom. The van der Waals surface area contributed by atoms with Gasteiger partial charge in [0.15, 0.2) is 0 Å². The van der Waals surface area contributed by atoms with Crippen molar-refractivity contribution in [1.82, 2.24) is 10.4 Å². The van der Waals surface area contributed by atoms with Gasteiger partial charge in [-0.2, -0.15) is 0 Å². The molecule has 0 unspecified atom stereocenters. The molecule has 2 amide bonds. The van der Waals surface area contributed by atoms with E-state index in [1.165, 1.54) is 16.9 Å². The number of benzene rings is 1. The molecular weight excluding hydrogens is 364 g/mol. The van der Waals surface area contributed by atoms with Crippen LogP contribution in [0.2, 0.25) is 0 Å². The van der Waals surface area contributed by atoms with Crippen LogP contribution >= 0.6 is 11.3 Å². The molecule has 2 aromatic rings. The van der Waals surface area contributed by atoms with E-state index in [9.17, 15) is 9.59 Å². The third kappa shape index (κ3) is 3.33. The van der Waals surface area contributed by atoms with Gasteiger partial charge in [0.1, 0.15) is 5.75 Å². The van der Waals surface area contributed by atoms with E-state index >= 15 is 0 Å².